The molecular weight excluding hydrogens is 304 g/mol. The Labute approximate surface area is 153 Å². The zero-order valence-electron chi connectivity index (χ0n) is 16.4. The number of aromatic nitrogens is 1. The van der Waals surface area contributed by atoms with E-state index >= 15 is 0 Å². The van der Waals surface area contributed by atoms with Gasteiger partial charge in [0.1, 0.15) is 0 Å². The van der Waals surface area contributed by atoms with E-state index in [9.17, 15) is 0 Å². The molecule has 2 aromatic rings. The summed E-state index contributed by atoms with van der Waals surface area (Å²) in [7, 11) is 0. The van der Waals surface area contributed by atoms with E-state index in [1.165, 1.54) is 29.5 Å². The average Bonchev–Trinajstić information content (AvgIpc) is 3.09. The molecule has 3 rings (SSSR count). The summed E-state index contributed by atoms with van der Waals surface area (Å²) in [6.45, 7) is 12.7. The molecule has 0 aliphatic carbocycles. The van der Waals surface area contributed by atoms with Gasteiger partial charge in [0.25, 0.3) is 0 Å². The van der Waals surface area contributed by atoms with Crippen LogP contribution in [0.3, 0.4) is 0 Å². The molecule has 0 bridgehead atoms. The summed E-state index contributed by atoms with van der Waals surface area (Å²) in [5, 5.41) is 3.64. The number of nitrogens with one attached hydrogen (secondary N) is 1. The second-order valence-electron chi connectivity index (χ2n) is 9.09. The standard InChI is InChI=1S/C23H32N2/c1-22(2,3)19-15-17(20-9-8-14-24-20)11-12-18(19)16-23(4,5)21-10-6-7-13-25-21/h6-7,10-13,15,20,24H,8-9,14,16H2,1-5H3. The summed E-state index contributed by atoms with van der Waals surface area (Å²) in [5.74, 6) is 0. The molecule has 2 heterocycles. The zero-order valence-corrected chi connectivity index (χ0v) is 16.4. The van der Waals surface area contributed by atoms with Gasteiger partial charge >= 0.3 is 0 Å². The first-order chi connectivity index (χ1) is 11.8. The van der Waals surface area contributed by atoms with Crippen molar-refractivity contribution in [1.82, 2.24) is 10.3 Å². The summed E-state index contributed by atoms with van der Waals surface area (Å²) in [5.41, 5.74) is 5.70. The Morgan fingerprint density at radius 3 is 2.48 bits per heavy atom. The Morgan fingerprint density at radius 1 is 1.08 bits per heavy atom. The fraction of sp³-hybridized carbons (Fsp3) is 0.522. The van der Waals surface area contributed by atoms with Gasteiger partial charge < -0.3 is 5.32 Å². The molecule has 1 fully saturated rings. The molecule has 1 aliphatic heterocycles. The minimum absolute atomic E-state index is 0.0222. The molecule has 1 unspecified atom stereocenters. The lowest BCUT2D eigenvalue weighted by molar-refractivity contribution is 0.492. The topological polar surface area (TPSA) is 24.9 Å². The summed E-state index contributed by atoms with van der Waals surface area (Å²) < 4.78 is 0. The quantitative estimate of drug-likeness (QED) is 0.817. The van der Waals surface area contributed by atoms with Crippen LogP contribution in [-0.4, -0.2) is 11.5 Å². The molecule has 1 atom stereocenters. The highest BCUT2D eigenvalue weighted by molar-refractivity contribution is 5.40. The third-order valence-electron chi connectivity index (χ3n) is 5.40. The molecule has 1 saturated heterocycles. The normalized spacial score (nSPS) is 18.5. The number of pyridine rings is 1. The molecule has 0 amide bonds. The van der Waals surface area contributed by atoms with Crippen LogP contribution in [0.25, 0.3) is 0 Å². The van der Waals surface area contributed by atoms with Gasteiger partial charge in [-0.25, -0.2) is 0 Å². The Bertz CT molecular complexity index is 705. The highest BCUT2D eigenvalue weighted by Gasteiger charge is 2.27. The fourth-order valence-electron chi connectivity index (χ4n) is 3.96. The minimum Gasteiger partial charge on any atom is -0.310 e. The summed E-state index contributed by atoms with van der Waals surface area (Å²) in [6, 6.07) is 13.9. The molecular formula is C23H32N2. The van der Waals surface area contributed by atoms with Gasteiger partial charge in [0.15, 0.2) is 0 Å². The van der Waals surface area contributed by atoms with Gasteiger partial charge in [-0.3, -0.25) is 4.98 Å². The zero-order chi connectivity index (χ0) is 18.1. The first-order valence-corrected chi connectivity index (χ1v) is 9.55. The molecule has 0 radical (unpaired) electrons. The highest BCUT2D eigenvalue weighted by atomic mass is 14.9. The van der Waals surface area contributed by atoms with Crippen molar-refractivity contribution in [3.05, 3.63) is 65.0 Å². The minimum atomic E-state index is 0.0222. The first-order valence-electron chi connectivity index (χ1n) is 9.55. The van der Waals surface area contributed by atoms with E-state index in [1.807, 2.05) is 12.3 Å². The summed E-state index contributed by atoms with van der Waals surface area (Å²) in [6.07, 6.45) is 5.44. The monoisotopic (exact) mass is 336 g/mol. The second-order valence-corrected chi connectivity index (χ2v) is 9.09. The lowest BCUT2D eigenvalue weighted by Crippen LogP contribution is -2.25. The van der Waals surface area contributed by atoms with Gasteiger partial charge in [-0.05, 0) is 60.0 Å². The van der Waals surface area contributed by atoms with Crippen molar-refractivity contribution in [3.63, 3.8) is 0 Å². The van der Waals surface area contributed by atoms with Gasteiger partial charge in [0, 0.05) is 23.3 Å². The van der Waals surface area contributed by atoms with Crippen LogP contribution in [0, 0.1) is 0 Å². The average molecular weight is 337 g/mol. The number of nitrogens with zero attached hydrogens (tertiary/aromatic N) is 1. The van der Waals surface area contributed by atoms with Crippen molar-refractivity contribution in [2.45, 2.75) is 70.8 Å². The van der Waals surface area contributed by atoms with Crippen molar-refractivity contribution in [3.8, 4) is 0 Å². The lowest BCUT2D eigenvalue weighted by Gasteiger charge is -2.30. The van der Waals surface area contributed by atoms with Gasteiger partial charge in [0.05, 0.1) is 0 Å². The number of benzene rings is 1. The van der Waals surface area contributed by atoms with Crippen LogP contribution in [0.5, 0.6) is 0 Å². The van der Waals surface area contributed by atoms with E-state index in [2.05, 4.69) is 75.3 Å². The predicted molar refractivity (Wildman–Crippen MR) is 106 cm³/mol. The van der Waals surface area contributed by atoms with Crippen molar-refractivity contribution in [2.75, 3.05) is 6.54 Å². The van der Waals surface area contributed by atoms with E-state index in [4.69, 9.17) is 0 Å². The maximum atomic E-state index is 4.61. The molecule has 1 aromatic carbocycles. The van der Waals surface area contributed by atoms with E-state index in [0.29, 0.717) is 6.04 Å². The Morgan fingerprint density at radius 2 is 1.88 bits per heavy atom. The van der Waals surface area contributed by atoms with E-state index in [0.717, 1.165) is 18.7 Å². The summed E-state index contributed by atoms with van der Waals surface area (Å²) in [4.78, 5) is 4.61. The van der Waals surface area contributed by atoms with Crippen LogP contribution in [0.2, 0.25) is 0 Å². The molecule has 1 aliphatic rings. The van der Waals surface area contributed by atoms with Gasteiger partial charge in [-0.15, -0.1) is 0 Å². The molecule has 0 spiro atoms. The van der Waals surface area contributed by atoms with Crippen LogP contribution < -0.4 is 5.32 Å². The molecule has 2 heteroatoms. The molecule has 0 saturated carbocycles. The van der Waals surface area contributed by atoms with Crippen molar-refractivity contribution in [2.24, 2.45) is 0 Å². The SMILES string of the molecule is CC(C)(C)c1cc(C2CCCN2)ccc1CC(C)(C)c1ccccn1. The fourth-order valence-corrected chi connectivity index (χ4v) is 3.96. The molecule has 1 N–H and O–H groups in total. The van der Waals surface area contributed by atoms with Crippen molar-refractivity contribution in [1.29, 1.82) is 0 Å². The third kappa shape index (κ3) is 4.12. The second kappa shape index (κ2) is 6.92. The van der Waals surface area contributed by atoms with Gasteiger partial charge in [-0.2, -0.15) is 0 Å². The number of hydrogen-bond acceptors (Lipinski definition) is 2. The maximum Gasteiger partial charge on any atom is 0.0463 e. The molecule has 1 aromatic heterocycles. The predicted octanol–water partition coefficient (Wildman–Crippen LogP) is 5.32. The van der Waals surface area contributed by atoms with Crippen LogP contribution in [0.4, 0.5) is 0 Å². The Kier molecular flexibility index (Phi) is 5.02. The van der Waals surface area contributed by atoms with Crippen LogP contribution >= 0.6 is 0 Å². The molecule has 2 nitrogen and oxygen atoms in total. The lowest BCUT2D eigenvalue weighted by atomic mass is 9.75. The van der Waals surface area contributed by atoms with Gasteiger partial charge in [-0.1, -0.05) is 58.9 Å². The maximum absolute atomic E-state index is 4.61. The van der Waals surface area contributed by atoms with Crippen LogP contribution in [0.15, 0.2) is 42.6 Å². The number of hydrogen-bond donors (Lipinski definition) is 1. The van der Waals surface area contributed by atoms with E-state index in [-0.39, 0.29) is 10.8 Å². The van der Waals surface area contributed by atoms with E-state index < -0.39 is 0 Å². The first kappa shape index (κ1) is 18.1. The third-order valence-corrected chi connectivity index (χ3v) is 5.40. The van der Waals surface area contributed by atoms with Crippen molar-refractivity contribution >= 4 is 0 Å². The largest absolute Gasteiger partial charge is 0.310 e. The Hall–Kier alpha value is -1.67. The Balaban J connectivity index is 1.95. The van der Waals surface area contributed by atoms with Gasteiger partial charge in [0.2, 0.25) is 0 Å². The van der Waals surface area contributed by atoms with E-state index in [1.54, 1.807) is 0 Å². The van der Waals surface area contributed by atoms with Crippen LogP contribution in [0.1, 0.15) is 75.9 Å². The summed E-state index contributed by atoms with van der Waals surface area (Å²) >= 11 is 0. The molecule has 25 heavy (non-hydrogen) atoms. The number of rotatable bonds is 4. The smallest absolute Gasteiger partial charge is 0.0463 e. The highest BCUT2D eigenvalue weighted by Crippen LogP contribution is 2.35. The molecule has 134 valence electrons. The van der Waals surface area contributed by atoms with Crippen LogP contribution in [-0.2, 0) is 17.3 Å². The van der Waals surface area contributed by atoms with Crippen molar-refractivity contribution < 1.29 is 0 Å².